The smallest absolute Gasteiger partial charge is 0.395 e. The van der Waals surface area contributed by atoms with Gasteiger partial charge in [-0.1, -0.05) is 43.3 Å². The van der Waals surface area contributed by atoms with Crippen molar-refractivity contribution in [2.24, 2.45) is 0 Å². The summed E-state index contributed by atoms with van der Waals surface area (Å²) in [4.78, 5) is 86.0. The van der Waals surface area contributed by atoms with Crippen LogP contribution in [0.2, 0.25) is 0 Å². The zero-order valence-corrected chi connectivity index (χ0v) is 25.7. The fourth-order valence-corrected chi connectivity index (χ4v) is 4.90. The number of anilines is 2. The minimum atomic E-state index is -1.81. The molecule has 246 valence electrons. The fraction of sp³-hybridized carbons (Fsp3) is 0.250. The number of hydrogen-bond donors (Lipinski definition) is 5. The molecule has 4 amide bonds. The average molecular weight is 648 g/mol. The number of non-ortho nitro benzene ring substituents is 1. The van der Waals surface area contributed by atoms with E-state index in [1.165, 1.54) is 74.6 Å². The van der Waals surface area contributed by atoms with E-state index in [-0.39, 0.29) is 41.9 Å². The predicted octanol–water partition coefficient (Wildman–Crippen LogP) is 2.13. The molecule has 0 saturated carbocycles. The Morgan fingerprint density at radius 2 is 1.43 bits per heavy atom. The van der Waals surface area contributed by atoms with Gasteiger partial charge in [-0.15, -0.1) is 0 Å². The van der Waals surface area contributed by atoms with Gasteiger partial charge in [0.2, 0.25) is 17.7 Å². The first-order chi connectivity index (χ1) is 22.3. The normalized spacial score (nSPS) is 11.8. The average Bonchev–Trinajstić information content (AvgIpc) is 3.04. The number of nitrogens with zero attached hydrogens (tertiary/aromatic N) is 2. The summed E-state index contributed by atoms with van der Waals surface area (Å²) in [6.07, 6.45) is 0.193. The third-order valence-electron chi connectivity index (χ3n) is 7.13. The molecule has 0 saturated heterocycles. The van der Waals surface area contributed by atoms with Crippen LogP contribution in [0.3, 0.4) is 0 Å². The van der Waals surface area contributed by atoms with Gasteiger partial charge in [0.15, 0.2) is 0 Å². The second-order valence-corrected chi connectivity index (χ2v) is 10.3. The van der Waals surface area contributed by atoms with Crippen LogP contribution in [0, 0.1) is 10.1 Å². The third kappa shape index (κ3) is 8.97. The summed E-state index contributed by atoms with van der Waals surface area (Å²) >= 11 is 0. The number of aliphatic carboxylic acids is 1. The number of nitro benzene ring substituents is 1. The van der Waals surface area contributed by atoms with Gasteiger partial charge in [0, 0.05) is 38.9 Å². The molecule has 5 N–H and O–H groups in total. The van der Waals surface area contributed by atoms with Crippen LogP contribution in [0.5, 0.6) is 0 Å². The Bertz CT molecular complexity index is 1710. The Morgan fingerprint density at radius 1 is 0.830 bits per heavy atom. The number of para-hydroxylation sites is 1. The number of nitro groups is 1. The van der Waals surface area contributed by atoms with Gasteiger partial charge in [-0.3, -0.25) is 34.2 Å². The molecule has 0 spiro atoms. The van der Waals surface area contributed by atoms with Gasteiger partial charge in [0.05, 0.1) is 21.9 Å². The number of likely N-dealkylation sites (N-methyl/N-ethyl adjacent to an activating group) is 1. The molecule has 0 aliphatic carbocycles. The van der Waals surface area contributed by atoms with Gasteiger partial charge in [-0.2, -0.15) is 0 Å². The number of amides is 4. The monoisotopic (exact) mass is 647 g/mol. The Hall–Kier alpha value is -6.12. The number of aryl methyl sites for hydroxylation is 1. The molecular formula is C32H33N5O10. The van der Waals surface area contributed by atoms with Crippen molar-refractivity contribution in [2.45, 2.75) is 45.2 Å². The van der Waals surface area contributed by atoms with Gasteiger partial charge in [0.1, 0.15) is 12.1 Å². The van der Waals surface area contributed by atoms with Gasteiger partial charge < -0.3 is 26.2 Å². The molecule has 0 heterocycles. The topological polar surface area (TPSA) is 225 Å². The molecule has 0 fully saturated rings. The lowest BCUT2D eigenvalue weighted by Crippen LogP contribution is -2.54. The summed E-state index contributed by atoms with van der Waals surface area (Å²) in [7, 11) is 1.38. The standard InChI is InChI=1S/C32H33N5O10/c1-4-21-15-20(11-14-26(21)36(30(41)32(44)45)27-8-6-5-7-23(27)31(42)43)17-25(34-18(2)38)29(40)35-24(28(39)33-3)16-19-9-12-22(13-10-19)37(46)47/h5-15,24-25H,4,16-17H2,1-3H3,(H,33,39)(H,34,38)(H,35,40)(H,42,43)(H,44,45)/t24-,25?/m1/s1. The predicted molar refractivity (Wildman–Crippen MR) is 168 cm³/mol. The number of carboxylic acids is 2. The highest BCUT2D eigenvalue weighted by Gasteiger charge is 2.30. The van der Waals surface area contributed by atoms with Gasteiger partial charge >= 0.3 is 17.8 Å². The van der Waals surface area contributed by atoms with Crippen molar-refractivity contribution < 1.29 is 43.9 Å². The van der Waals surface area contributed by atoms with Gasteiger partial charge in [0.25, 0.3) is 5.69 Å². The third-order valence-corrected chi connectivity index (χ3v) is 7.13. The Labute approximate surface area is 268 Å². The van der Waals surface area contributed by atoms with Crippen LogP contribution < -0.4 is 20.9 Å². The molecule has 3 aromatic rings. The highest BCUT2D eigenvalue weighted by atomic mass is 16.6. The van der Waals surface area contributed by atoms with Crippen molar-refractivity contribution in [1.29, 1.82) is 0 Å². The van der Waals surface area contributed by atoms with Crippen molar-refractivity contribution >= 4 is 52.6 Å². The summed E-state index contributed by atoms with van der Waals surface area (Å²) in [6, 6.07) is 13.2. The molecule has 2 atom stereocenters. The highest BCUT2D eigenvalue weighted by molar-refractivity contribution is 6.39. The van der Waals surface area contributed by atoms with E-state index in [1.807, 2.05) is 0 Å². The molecule has 1 unspecified atom stereocenters. The van der Waals surface area contributed by atoms with Crippen LogP contribution in [0.1, 0.15) is 40.9 Å². The quantitative estimate of drug-likeness (QED) is 0.103. The van der Waals surface area contributed by atoms with Crippen molar-refractivity contribution in [2.75, 3.05) is 11.9 Å². The maximum Gasteiger partial charge on any atom is 0.395 e. The van der Waals surface area contributed by atoms with Crippen LogP contribution in [0.25, 0.3) is 0 Å². The lowest BCUT2D eigenvalue weighted by Gasteiger charge is -2.26. The van der Waals surface area contributed by atoms with E-state index in [1.54, 1.807) is 13.0 Å². The summed E-state index contributed by atoms with van der Waals surface area (Å²) in [6.45, 7) is 2.95. The molecule has 3 aromatic carbocycles. The first kappa shape index (κ1) is 35.4. The summed E-state index contributed by atoms with van der Waals surface area (Å²) in [5, 5.41) is 37.9. The second-order valence-electron chi connectivity index (χ2n) is 10.3. The van der Waals surface area contributed by atoms with Crippen molar-refractivity contribution in [3.05, 3.63) is 99.1 Å². The number of hydrogen-bond acceptors (Lipinski definition) is 8. The summed E-state index contributed by atoms with van der Waals surface area (Å²) in [5.41, 5.74) is 1.00. The minimum absolute atomic E-state index is 0.00383. The second kappa shape index (κ2) is 15.7. The first-order valence-electron chi connectivity index (χ1n) is 14.3. The SMILES string of the molecule is CCc1cc(CC(NC(C)=O)C(=O)N[C@H](Cc2ccc([N+](=O)[O-])cc2)C(=O)NC)ccc1N(C(=O)C(=O)O)c1ccccc1C(=O)O. The van der Waals surface area contributed by atoms with Crippen LogP contribution in [-0.2, 0) is 43.2 Å². The molecule has 0 aromatic heterocycles. The van der Waals surface area contributed by atoms with E-state index in [9.17, 15) is 49.1 Å². The number of nitrogens with one attached hydrogen (secondary N) is 3. The van der Waals surface area contributed by atoms with E-state index in [4.69, 9.17) is 0 Å². The Balaban J connectivity index is 1.95. The van der Waals surface area contributed by atoms with Crippen LogP contribution >= 0.6 is 0 Å². The lowest BCUT2D eigenvalue weighted by atomic mass is 9.98. The van der Waals surface area contributed by atoms with Crippen LogP contribution in [-0.4, -0.2) is 69.8 Å². The Morgan fingerprint density at radius 3 is 1.98 bits per heavy atom. The van der Waals surface area contributed by atoms with Gasteiger partial charge in [-0.05, 0) is 41.3 Å². The maximum atomic E-state index is 13.5. The van der Waals surface area contributed by atoms with Crippen LogP contribution in [0.4, 0.5) is 17.1 Å². The fourth-order valence-electron chi connectivity index (χ4n) is 4.90. The van der Waals surface area contributed by atoms with E-state index < -0.39 is 52.6 Å². The molecular weight excluding hydrogens is 614 g/mol. The number of carbonyl (C=O) groups is 6. The molecule has 0 bridgehead atoms. The summed E-state index contributed by atoms with van der Waals surface area (Å²) < 4.78 is 0. The highest BCUT2D eigenvalue weighted by Crippen LogP contribution is 2.33. The van der Waals surface area contributed by atoms with E-state index in [2.05, 4.69) is 16.0 Å². The Kier molecular flexibility index (Phi) is 11.8. The van der Waals surface area contributed by atoms with Crippen molar-refractivity contribution in [1.82, 2.24) is 16.0 Å². The number of carbonyl (C=O) groups excluding carboxylic acids is 4. The largest absolute Gasteiger partial charge is 0.478 e. The molecule has 0 radical (unpaired) electrons. The molecule has 15 heteroatoms. The minimum Gasteiger partial charge on any atom is -0.478 e. The van der Waals surface area contributed by atoms with Gasteiger partial charge in [-0.25, -0.2) is 9.59 Å². The zero-order valence-electron chi connectivity index (χ0n) is 25.7. The maximum absolute atomic E-state index is 13.5. The molecule has 3 rings (SSSR count). The van der Waals surface area contributed by atoms with Crippen molar-refractivity contribution in [3.63, 3.8) is 0 Å². The van der Waals surface area contributed by atoms with Crippen molar-refractivity contribution in [3.8, 4) is 0 Å². The zero-order chi connectivity index (χ0) is 34.8. The molecule has 0 aliphatic rings. The number of benzene rings is 3. The number of rotatable bonds is 13. The van der Waals surface area contributed by atoms with E-state index in [0.717, 1.165) is 4.90 Å². The molecule has 0 aliphatic heterocycles. The number of aromatic carboxylic acids is 1. The first-order valence-corrected chi connectivity index (χ1v) is 14.3. The van der Waals surface area contributed by atoms with E-state index >= 15 is 0 Å². The molecule has 47 heavy (non-hydrogen) atoms. The van der Waals surface area contributed by atoms with Crippen LogP contribution in [0.15, 0.2) is 66.7 Å². The lowest BCUT2D eigenvalue weighted by molar-refractivity contribution is -0.384. The summed E-state index contributed by atoms with van der Waals surface area (Å²) in [5.74, 6) is -6.33. The van der Waals surface area contributed by atoms with E-state index in [0.29, 0.717) is 16.7 Å². The molecule has 15 nitrogen and oxygen atoms in total. The number of carboxylic acid groups (broad SMARTS) is 2.